The average Bonchev–Trinajstić information content (AvgIpc) is 3.53. The Morgan fingerprint density at radius 1 is 1.17 bits per heavy atom. The Morgan fingerprint density at radius 3 is 2.67 bits per heavy atom. The normalized spacial score (nSPS) is 22.8. The van der Waals surface area contributed by atoms with E-state index in [0.717, 1.165) is 25.0 Å². The summed E-state index contributed by atoms with van der Waals surface area (Å²) in [7, 11) is 1.85. The van der Waals surface area contributed by atoms with Gasteiger partial charge < -0.3 is 15.1 Å². The molecule has 1 aromatic heterocycles. The highest BCUT2D eigenvalue weighted by atomic mass is 32.1. The lowest BCUT2D eigenvalue weighted by atomic mass is 9.81. The minimum absolute atomic E-state index is 0.0191. The van der Waals surface area contributed by atoms with Gasteiger partial charge in [-0.15, -0.1) is 11.3 Å². The van der Waals surface area contributed by atoms with Gasteiger partial charge in [0.25, 0.3) is 0 Å². The van der Waals surface area contributed by atoms with E-state index in [4.69, 9.17) is 0 Å². The molecule has 1 aliphatic carbocycles. The van der Waals surface area contributed by atoms with Gasteiger partial charge in [0, 0.05) is 56.7 Å². The predicted molar refractivity (Wildman–Crippen MR) is 116 cm³/mol. The number of thiazole rings is 1. The molecule has 0 aromatic carbocycles. The van der Waals surface area contributed by atoms with Crippen molar-refractivity contribution in [3.05, 3.63) is 23.2 Å². The van der Waals surface area contributed by atoms with E-state index in [2.05, 4.69) is 22.5 Å². The summed E-state index contributed by atoms with van der Waals surface area (Å²) in [4.78, 5) is 45.4. The third-order valence-electron chi connectivity index (χ3n) is 6.42. The van der Waals surface area contributed by atoms with E-state index in [9.17, 15) is 14.4 Å². The molecule has 3 heterocycles. The molecule has 0 radical (unpaired) electrons. The second-order valence-electron chi connectivity index (χ2n) is 8.65. The number of hydrogen-bond donors (Lipinski definition) is 1. The van der Waals surface area contributed by atoms with Crippen LogP contribution in [0.5, 0.6) is 0 Å². The monoisotopic (exact) mass is 430 g/mol. The van der Waals surface area contributed by atoms with E-state index in [-0.39, 0.29) is 36.5 Å². The molecular weight excluding hydrogens is 400 g/mol. The predicted octanol–water partition coefficient (Wildman–Crippen LogP) is 3.01. The molecular formula is C22H30N4O3S. The van der Waals surface area contributed by atoms with Crippen LogP contribution in [0.15, 0.2) is 17.5 Å². The van der Waals surface area contributed by atoms with Crippen LogP contribution in [0.2, 0.25) is 0 Å². The number of carbonyl (C=O) groups excluding carboxylic acids is 3. The molecule has 0 spiro atoms. The maximum Gasteiger partial charge on any atom is 0.226 e. The average molecular weight is 431 g/mol. The number of allylic oxidation sites excluding steroid dienone is 1. The summed E-state index contributed by atoms with van der Waals surface area (Å²) >= 11 is 1.45. The number of likely N-dealkylation sites (tertiary alicyclic amines) is 1. The van der Waals surface area contributed by atoms with E-state index >= 15 is 0 Å². The molecule has 2 aliphatic heterocycles. The molecule has 0 bridgehead atoms. The van der Waals surface area contributed by atoms with E-state index in [1.165, 1.54) is 24.2 Å². The van der Waals surface area contributed by atoms with Crippen LogP contribution in [0.25, 0.3) is 0 Å². The Labute approximate surface area is 181 Å². The van der Waals surface area contributed by atoms with Crippen LogP contribution in [0.1, 0.15) is 56.6 Å². The minimum Gasteiger partial charge on any atom is -0.343 e. The Morgan fingerprint density at radius 2 is 1.93 bits per heavy atom. The SMILES string of the molecule is CN1CC=CCC(C2CCN(C(=O)CCC(=O)Nc3nc(C4CC4)cs3)CC2)C1=O. The lowest BCUT2D eigenvalue weighted by molar-refractivity contribution is -0.137. The third kappa shape index (κ3) is 5.09. The summed E-state index contributed by atoms with van der Waals surface area (Å²) in [5, 5.41) is 5.45. The van der Waals surface area contributed by atoms with Crippen LogP contribution in [0.3, 0.4) is 0 Å². The number of carbonyl (C=O) groups is 3. The van der Waals surface area contributed by atoms with Gasteiger partial charge in [-0.25, -0.2) is 4.98 Å². The van der Waals surface area contributed by atoms with Crippen LogP contribution in [-0.2, 0) is 14.4 Å². The molecule has 2 fully saturated rings. The van der Waals surface area contributed by atoms with E-state index in [0.29, 0.717) is 36.6 Å². The van der Waals surface area contributed by atoms with Gasteiger partial charge in [0.2, 0.25) is 17.7 Å². The first kappa shape index (κ1) is 21.0. The maximum atomic E-state index is 12.6. The topological polar surface area (TPSA) is 82.6 Å². The highest BCUT2D eigenvalue weighted by Crippen LogP contribution is 2.40. The number of nitrogens with one attached hydrogen (secondary N) is 1. The number of nitrogens with zero attached hydrogens (tertiary/aromatic N) is 3. The van der Waals surface area contributed by atoms with Gasteiger partial charge in [0.05, 0.1) is 5.69 Å². The second kappa shape index (κ2) is 9.29. The first-order chi connectivity index (χ1) is 14.5. The van der Waals surface area contributed by atoms with E-state index in [1.54, 1.807) is 4.90 Å². The second-order valence-corrected chi connectivity index (χ2v) is 9.51. The standard InChI is InChI=1S/C22H30N4O3S/c1-25-11-3-2-4-17(21(25)29)15-9-12-26(13-10-15)20(28)8-7-19(27)24-22-23-18(14-30-22)16-5-6-16/h2-3,14-17H,4-13H2,1H3,(H,23,24,27). The zero-order chi connectivity index (χ0) is 21.1. The summed E-state index contributed by atoms with van der Waals surface area (Å²) < 4.78 is 0. The van der Waals surface area contributed by atoms with Crippen LogP contribution in [0, 0.1) is 11.8 Å². The molecule has 8 heteroatoms. The number of likely N-dealkylation sites (N-methyl/N-ethyl adjacent to an activating group) is 1. The summed E-state index contributed by atoms with van der Waals surface area (Å²) in [5.41, 5.74) is 1.07. The van der Waals surface area contributed by atoms with Gasteiger partial charge in [0.1, 0.15) is 0 Å². The smallest absolute Gasteiger partial charge is 0.226 e. The van der Waals surface area contributed by atoms with Crippen LogP contribution < -0.4 is 5.32 Å². The lowest BCUT2D eigenvalue weighted by Gasteiger charge is -2.36. The summed E-state index contributed by atoms with van der Waals surface area (Å²) in [6, 6.07) is 0. The van der Waals surface area contributed by atoms with Crippen molar-refractivity contribution in [3.63, 3.8) is 0 Å². The third-order valence-corrected chi connectivity index (χ3v) is 7.20. The molecule has 4 rings (SSSR count). The Balaban J connectivity index is 1.19. The molecule has 1 unspecified atom stereocenters. The van der Waals surface area contributed by atoms with Crippen LogP contribution in [-0.4, -0.2) is 59.2 Å². The summed E-state index contributed by atoms with van der Waals surface area (Å²) in [5.74, 6) is 0.991. The van der Waals surface area contributed by atoms with Crippen molar-refractivity contribution in [2.45, 2.75) is 50.9 Å². The number of rotatable bonds is 6. The molecule has 162 valence electrons. The first-order valence-electron chi connectivity index (χ1n) is 10.9. The quantitative estimate of drug-likeness (QED) is 0.704. The molecule has 30 heavy (non-hydrogen) atoms. The van der Waals surface area contributed by atoms with Crippen molar-refractivity contribution >= 4 is 34.2 Å². The van der Waals surface area contributed by atoms with Crippen molar-refractivity contribution in [2.24, 2.45) is 11.8 Å². The maximum absolute atomic E-state index is 12.6. The lowest BCUT2D eigenvalue weighted by Crippen LogP contribution is -2.43. The number of piperidine rings is 1. The zero-order valence-corrected chi connectivity index (χ0v) is 18.3. The van der Waals surface area contributed by atoms with Crippen molar-refractivity contribution in [3.8, 4) is 0 Å². The molecule has 1 saturated heterocycles. The van der Waals surface area contributed by atoms with Gasteiger partial charge in [-0.1, -0.05) is 12.2 Å². The number of aromatic nitrogens is 1. The van der Waals surface area contributed by atoms with Gasteiger partial charge >= 0.3 is 0 Å². The first-order valence-corrected chi connectivity index (χ1v) is 11.8. The number of hydrogen-bond acceptors (Lipinski definition) is 5. The summed E-state index contributed by atoms with van der Waals surface area (Å²) in [6.07, 6.45) is 9.41. The largest absolute Gasteiger partial charge is 0.343 e. The van der Waals surface area contributed by atoms with E-state index < -0.39 is 0 Å². The van der Waals surface area contributed by atoms with E-state index in [1.807, 2.05) is 17.3 Å². The molecule has 7 nitrogen and oxygen atoms in total. The highest BCUT2D eigenvalue weighted by Gasteiger charge is 2.34. The number of amides is 3. The van der Waals surface area contributed by atoms with Crippen molar-refractivity contribution in [2.75, 3.05) is 32.0 Å². The van der Waals surface area contributed by atoms with Gasteiger partial charge in [0.15, 0.2) is 5.13 Å². The Hall–Kier alpha value is -2.22. The van der Waals surface area contributed by atoms with Crippen LogP contribution in [0.4, 0.5) is 5.13 Å². The van der Waals surface area contributed by atoms with Crippen LogP contribution >= 0.6 is 11.3 Å². The minimum atomic E-state index is -0.159. The van der Waals surface area contributed by atoms with Crippen molar-refractivity contribution in [1.29, 1.82) is 0 Å². The molecule has 1 atom stereocenters. The van der Waals surface area contributed by atoms with Gasteiger partial charge in [-0.05, 0) is 38.0 Å². The zero-order valence-electron chi connectivity index (χ0n) is 17.5. The molecule has 1 aromatic rings. The Kier molecular flexibility index (Phi) is 6.51. The van der Waals surface area contributed by atoms with Gasteiger partial charge in [-0.2, -0.15) is 0 Å². The molecule has 1 N–H and O–H groups in total. The van der Waals surface area contributed by atoms with Crippen molar-refractivity contribution in [1.82, 2.24) is 14.8 Å². The Bertz CT molecular complexity index is 824. The fourth-order valence-corrected chi connectivity index (χ4v) is 5.17. The molecule has 3 aliphatic rings. The fourth-order valence-electron chi connectivity index (χ4n) is 4.37. The van der Waals surface area contributed by atoms with Crippen molar-refractivity contribution < 1.29 is 14.4 Å². The highest BCUT2D eigenvalue weighted by molar-refractivity contribution is 7.13. The molecule has 3 amide bonds. The molecule has 1 saturated carbocycles. The summed E-state index contributed by atoms with van der Waals surface area (Å²) in [6.45, 7) is 2.01. The fraction of sp³-hybridized carbons (Fsp3) is 0.636. The number of anilines is 1. The van der Waals surface area contributed by atoms with Gasteiger partial charge in [-0.3, -0.25) is 14.4 Å².